The van der Waals surface area contributed by atoms with E-state index in [-0.39, 0.29) is 5.91 Å². The lowest BCUT2D eigenvalue weighted by molar-refractivity contribution is -0.116. The maximum Gasteiger partial charge on any atom is 0.223 e. The Morgan fingerprint density at radius 2 is 2.19 bits per heavy atom. The molecule has 0 unspecified atom stereocenters. The van der Waals surface area contributed by atoms with Crippen molar-refractivity contribution in [3.05, 3.63) is 23.3 Å². The van der Waals surface area contributed by atoms with Gasteiger partial charge in [-0.15, -0.1) is 0 Å². The molecule has 1 aliphatic heterocycles. The van der Waals surface area contributed by atoms with Crippen LogP contribution in [0.4, 0.5) is 5.69 Å². The van der Waals surface area contributed by atoms with Crippen molar-refractivity contribution < 1.29 is 9.53 Å². The second-order valence-electron chi connectivity index (χ2n) is 4.19. The van der Waals surface area contributed by atoms with Gasteiger partial charge in [-0.05, 0) is 37.0 Å². The van der Waals surface area contributed by atoms with Gasteiger partial charge in [-0.1, -0.05) is 6.07 Å². The van der Waals surface area contributed by atoms with Crippen molar-refractivity contribution in [2.75, 3.05) is 18.6 Å². The molecule has 16 heavy (non-hydrogen) atoms. The van der Waals surface area contributed by atoms with Gasteiger partial charge in [-0.3, -0.25) is 4.79 Å². The van der Waals surface area contributed by atoms with Crippen molar-refractivity contribution in [2.45, 2.75) is 26.7 Å². The first kappa shape index (κ1) is 11.0. The zero-order valence-electron chi connectivity index (χ0n) is 10.0. The van der Waals surface area contributed by atoms with Crippen LogP contribution in [-0.4, -0.2) is 19.6 Å². The zero-order valence-corrected chi connectivity index (χ0v) is 10.0. The minimum absolute atomic E-state index is 0.0878. The maximum absolute atomic E-state index is 11.6. The van der Waals surface area contributed by atoms with E-state index in [4.69, 9.17) is 4.74 Å². The third-order valence-corrected chi connectivity index (χ3v) is 3.16. The molecule has 0 radical (unpaired) electrons. The number of anilines is 1. The van der Waals surface area contributed by atoms with Crippen molar-refractivity contribution in [3.63, 3.8) is 0 Å². The van der Waals surface area contributed by atoms with Crippen molar-refractivity contribution in [1.82, 2.24) is 0 Å². The molecule has 0 saturated carbocycles. The van der Waals surface area contributed by atoms with E-state index in [2.05, 4.69) is 13.0 Å². The van der Waals surface area contributed by atoms with Crippen LogP contribution >= 0.6 is 0 Å². The summed E-state index contributed by atoms with van der Waals surface area (Å²) in [6.45, 7) is 4.49. The van der Waals surface area contributed by atoms with Gasteiger partial charge in [-0.25, -0.2) is 0 Å². The lowest BCUT2D eigenvalue weighted by atomic mass is 9.96. The molecule has 1 aromatic carbocycles. The van der Waals surface area contributed by atoms with Gasteiger partial charge in [0.2, 0.25) is 5.91 Å². The fourth-order valence-electron chi connectivity index (χ4n) is 2.33. The smallest absolute Gasteiger partial charge is 0.223 e. The second kappa shape index (κ2) is 4.16. The number of ether oxygens (including phenoxy) is 1. The molecule has 3 nitrogen and oxygen atoms in total. The number of nitrogens with zero attached hydrogens (tertiary/aromatic N) is 1. The molecule has 0 N–H and O–H groups in total. The highest BCUT2D eigenvalue weighted by molar-refractivity contribution is 5.95. The van der Waals surface area contributed by atoms with Crippen LogP contribution in [-0.2, 0) is 11.2 Å². The predicted octanol–water partition coefficient (Wildman–Crippen LogP) is 2.30. The fourth-order valence-corrected chi connectivity index (χ4v) is 2.33. The summed E-state index contributed by atoms with van der Waals surface area (Å²) >= 11 is 0. The van der Waals surface area contributed by atoms with Gasteiger partial charge in [0, 0.05) is 13.5 Å². The molecule has 0 aromatic heterocycles. The molecule has 0 aliphatic carbocycles. The molecule has 0 saturated heterocycles. The van der Waals surface area contributed by atoms with Crippen LogP contribution < -0.4 is 9.64 Å². The van der Waals surface area contributed by atoms with Gasteiger partial charge in [-0.2, -0.15) is 0 Å². The maximum atomic E-state index is 11.6. The number of aryl methyl sites for hydroxylation is 1. The number of benzene rings is 1. The van der Waals surface area contributed by atoms with Gasteiger partial charge in [0.05, 0.1) is 12.8 Å². The second-order valence-corrected chi connectivity index (χ2v) is 4.19. The number of hydrogen-bond donors (Lipinski definition) is 0. The molecule has 1 heterocycles. The first-order valence-corrected chi connectivity index (χ1v) is 5.59. The third kappa shape index (κ3) is 1.66. The van der Waals surface area contributed by atoms with E-state index in [0.717, 1.165) is 30.8 Å². The number of carbonyl (C=O) groups excluding carboxylic acids is 1. The van der Waals surface area contributed by atoms with Gasteiger partial charge < -0.3 is 9.64 Å². The normalized spacial score (nSPS) is 14.6. The Morgan fingerprint density at radius 1 is 1.44 bits per heavy atom. The van der Waals surface area contributed by atoms with E-state index < -0.39 is 0 Å². The zero-order chi connectivity index (χ0) is 11.7. The molecular formula is C13H17NO2. The Labute approximate surface area is 96.0 Å². The number of hydrogen-bond acceptors (Lipinski definition) is 2. The third-order valence-electron chi connectivity index (χ3n) is 3.16. The van der Waals surface area contributed by atoms with Crippen LogP contribution in [0.5, 0.6) is 5.75 Å². The molecule has 86 valence electrons. The lowest BCUT2D eigenvalue weighted by Gasteiger charge is -2.31. The van der Waals surface area contributed by atoms with Crippen LogP contribution in [0.3, 0.4) is 0 Å². The predicted molar refractivity (Wildman–Crippen MR) is 64.1 cm³/mol. The molecule has 3 heteroatoms. The van der Waals surface area contributed by atoms with Gasteiger partial charge in [0.25, 0.3) is 0 Å². The number of methoxy groups -OCH3 is 1. The topological polar surface area (TPSA) is 29.5 Å². The number of carbonyl (C=O) groups is 1. The monoisotopic (exact) mass is 219 g/mol. The summed E-state index contributed by atoms with van der Waals surface area (Å²) in [5.74, 6) is 0.889. The van der Waals surface area contributed by atoms with E-state index in [0.29, 0.717) is 0 Å². The highest BCUT2D eigenvalue weighted by Crippen LogP contribution is 2.38. The van der Waals surface area contributed by atoms with E-state index in [1.807, 2.05) is 11.0 Å². The summed E-state index contributed by atoms with van der Waals surface area (Å²) in [5.41, 5.74) is 3.46. The molecular weight excluding hydrogens is 202 g/mol. The fraction of sp³-hybridized carbons (Fsp3) is 0.462. The summed E-state index contributed by atoms with van der Waals surface area (Å²) in [7, 11) is 1.65. The van der Waals surface area contributed by atoms with Crippen LogP contribution in [0.2, 0.25) is 0 Å². The molecule has 0 fully saturated rings. The standard InChI is InChI=1S/C13H17NO2/c1-9-6-7-12(16-3)13-11(9)5-4-8-14(13)10(2)15/h6-7H,4-5,8H2,1-3H3. The number of rotatable bonds is 1. The Balaban J connectivity index is 2.60. The molecule has 0 bridgehead atoms. The van der Waals surface area contributed by atoms with Crippen LogP contribution in [0.25, 0.3) is 0 Å². The largest absolute Gasteiger partial charge is 0.495 e. The highest BCUT2D eigenvalue weighted by Gasteiger charge is 2.24. The van der Waals surface area contributed by atoms with Crippen LogP contribution in [0.1, 0.15) is 24.5 Å². The first-order valence-electron chi connectivity index (χ1n) is 5.59. The van der Waals surface area contributed by atoms with Crippen LogP contribution in [0, 0.1) is 6.92 Å². The molecule has 0 spiro atoms. The van der Waals surface area contributed by atoms with Gasteiger partial charge in [0.1, 0.15) is 5.75 Å². The average Bonchev–Trinajstić information content (AvgIpc) is 2.29. The SMILES string of the molecule is COc1ccc(C)c2c1N(C(C)=O)CCC2. The summed E-state index contributed by atoms with van der Waals surface area (Å²) in [5, 5.41) is 0. The average molecular weight is 219 g/mol. The Morgan fingerprint density at radius 3 is 2.81 bits per heavy atom. The van der Waals surface area contributed by atoms with Crippen molar-refractivity contribution in [2.24, 2.45) is 0 Å². The molecule has 1 amide bonds. The number of fused-ring (bicyclic) bond motifs is 1. The van der Waals surface area contributed by atoms with E-state index >= 15 is 0 Å². The Bertz CT molecular complexity index is 426. The van der Waals surface area contributed by atoms with Crippen molar-refractivity contribution in [1.29, 1.82) is 0 Å². The Kier molecular flexibility index (Phi) is 2.86. The Hall–Kier alpha value is -1.51. The minimum Gasteiger partial charge on any atom is -0.495 e. The van der Waals surface area contributed by atoms with Gasteiger partial charge >= 0.3 is 0 Å². The van der Waals surface area contributed by atoms with E-state index in [1.54, 1.807) is 14.0 Å². The summed E-state index contributed by atoms with van der Waals surface area (Å²) < 4.78 is 5.35. The molecule has 0 atom stereocenters. The summed E-state index contributed by atoms with van der Waals surface area (Å²) in [4.78, 5) is 13.4. The lowest BCUT2D eigenvalue weighted by Crippen LogP contribution is -2.34. The van der Waals surface area contributed by atoms with E-state index in [9.17, 15) is 4.79 Å². The summed E-state index contributed by atoms with van der Waals surface area (Å²) in [6.07, 6.45) is 2.06. The molecule has 2 rings (SSSR count). The van der Waals surface area contributed by atoms with E-state index in [1.165, 1.54) is 11.1 Å². The minimum atomic E-state index is 0.0878. The van der Waals surface area contributed by atoms with Crippen molar-refractivity contribution in [3.8, 4) is 5.75 Å². The van der Waals surface area contributed by atoms with Crippen LogP contribution in [0.15, 0.2) is 12.1 Å². The van der Waals surface area contributed by atoms with Crippen molar-refractivity contribution >= 4 is 11.6 Å². The van der Waals surface area contributed by atoms with Gasteiger partial charge in [0.15, 0.2) is 0 Å². The highest BCUT2D eigenvalue weighted by atomic mass is 16.5. The number of amides is 1. The quantitative estimate of drug-likeness (QED) is 0.725. The first-order chi connectivity index (χ1) is 7.65. The molecule has 1 aromatic rings. The molecule has 1 aliphatic rings. The summed E-state index contributed by atoms with van der Waals surface area (Å²) in [6, 6.07) is 4.00.